The van der Waals surface area contributed by atoms with E-state index in [0.29, 0.717) is 0 Å². The van der Waals surface area contributed by atoms with Crippen LogP contribution in [0.15, 0.2) is 18.2 Å². The summed E-state index contributed by atoms with van der Waals surface area (Å²) in [5, 5.41) is 0. The molecule has 0 aromatic carbocycles. The van der Waals surface area contributed by atoms with Crippen LogP contribution in [0.1, 0.15) is 6.42 Å². The summed E-state index contributed by atoms with van der Waals surface area (Å²) in [6.07, 6.45) is 6.02. The first kappa shape index (κ1) is 5.48. The molecule has 0 nitrogen and oxygen atoms in total. The van der Waals surface area contributed by atoms with Gasteiger partial charge in [-0.3, -0.25) is 0 Å². The summed E-state index contributed by atoms with van der Waals surface area (Å²) in [6.45, 7) is 8.48. The summed E-state index contributed by atoms with van der Waals surface area (Å²) in [5.41, 5.74) is 0. The van der Waals surface area contributed by atoms with Gasteiger partial charge in [-0.05, 0) is 13.3 Å². The minimum Gasteiger partial charge on any atom is -0.0879 e. The van der Waals surface area contributed by atoms with Crippen LogP contribution in [0.2, 0.25) is 0 Å². The largest absolute Gasteiger partial charge is 0.0879 e. The van der Waals surface area contributed by atoms with Crippen molar-refractivity contribution in [2.24, 2.45) is 0 Å². The van der Waals surface area contributed by atoms with Crippen LogP contribution in [-0.4, -0.2) is 0 Å². The first-order valence-electron chi connectivity index (χ1n) is 1.89. The van der Waals surface area contributed by atoms with Gasteiger partial charge in [0.05, 0.1) is 0 Å². The van der Waals surface area contributed by atoms with Crippen LogP contribution in [0.4, 0.5) is 0 Å². The average molecular weight is 80.1 g/mol. The van der Waals surface area contributed by atoms with Crippen LogP contribution in [0.25, 0.3) is 0 Å². The van der Waals surface area contributed by atoms with E-state index in [1.54, 1.807) is 12.2 Å². The smallest absolute Gasteiger partial charge is 0.0166 e. The lowest BCUT2D eigenvalue weighted by atomic mass is 10.4. The van der Waals surface area contributed by atoms with Gasteiger partial charge in [0.25, 0.3) is 0 Å². The Morgan fingerprint density at radius 2 is 2.33 bits per heavy atom. The van der Waals surface area contributed by atoms with E-state index in [9.17, 15) is 0 Å². The first-order chi connectivity index (χ1) is 2.91. The van der Waals surface area contributed by atoms with Crippen LogP contribution < -0.4 is 0 Å². The van der Waals surface area contributed by atoms with E-state index < -0.39 is 0 Å². The first-order valence-corrected chi connectivity index (χ1v) is 1.89. The van der Waals surface area contributed by atoms with Gasteiger partial charge in [0.1, 0.15) is 0 Å². The molecule has 0 atom stereocenters. The van der Waals surface area contributed by atoms with E-state index in [-0.39, 0.29) is 0 Å². The van der Waals surface area contributed by atoms with E-state index >= 15 is 0 Å². The Morgan fingerprint density at radius 3 is 2.50 bits per heavy atom. The highest BCUT2D eigenvalue weighted by Gasteiger charge is 1.58. The molecule has 0 aliphatic carbocycles. The van der Waals surface area contributed by atoms with Gasteiger partial charge in [0, 0.05) is 0 Å². The van der Waals surface area contributed by atoms with Crippen LogP contribution in [-0.2, 0) is 0 Å². The molecule has 6 heavy (non-hydrogen) atoms. The third-order valence-corrected chi connectivity index (χ3v) is 0.439. The summed E-state index contributed by atoms with van der Waals surface area (Å²) in [6, 6.07) is 0. The van der Waals surface area contributed by atoms with Gasteiger partial charge in [-0.25, -0.2) is 0 Å². The summed E-state index contributed by atoms with van der Waals surface area (Å²) >= 11 is 0. The van der Waals surface area contributed by atoms with Gasteiger partial charge in [0.2, 0.25) is 0 Å². The highest BCUT2D eigenvalue weighted by Crippen LogP contribution is 1.78. The lowest BCUT2D eigenvalue weighted by molar-refractivity contribution is 1.40. The minimum atomic E-state index is 0.823. The van der Waals surface area contributed by atoms with Crippen molar-refractivity contribution < 1.29 is 0 Å². The molecule has 0 N–H and O–H groups in total. The maximum Gasteiger partial charge on any atom is -0.0166 e. The zero-order chi connectivity index (χ0) is 4.83. The molecule has 0 fully saturated rings. The number of allylic oxidation sites excluding steroid dienone is 3. The average Bonchev–Trinajstić information content (AvgIpc) is 1.61. The maximum atomic E-state index is 5.01. The lowest BCUT2D eigenvalue weighted by Crippen LogP contribution is -1.49. The summed E-state index contributed by atoms with van der Waals surface area (Å²) in [5.74, 6) is 0. The second-order valence-electron chi connectivity index (χ2n) is 0.943. The van der Waals surface area contributed by atoms with E-state index in [0.717, 1.165) is 6.42 Å². The molecule has 0 spiro atoms. The molecule has 0 unspecified atom stereocenters. The molecule has 0 aromatic heterocycles. The van der Waals surface area contributed by atoms with Crippen molar-refractivity contribution in [2.45, 2.75) is 6.42 Å². The lowest BCUT2D eigenvalue weighted by Gasteiger charge is -1.69. The van der Waals surface area contributed by atoms with Crippen molar-refractivity contribution >= 4 is 0 Å². The SMILES string of the molecule is [CH]=CC/C=C/[CH2]. The van der Waals surface area contributed by atoms with E-state index in [1.165, 1.54) is 0 Å². The fourth-order valence-electron chi connectivity index (χ4n) is 0.175. The molecule has 32 valence electrons. The highest BCUT2D eigenvalue weighted by atomic mass is 13.6. The van der Waals surface area contributed by atoms with Gasteiger partial charge in [-0.15, -0.1) is 0 Å². The molecule has 0 heterocycles. The second-order valence-corrected chi connectivity index (χ2v) is 0.943. The maximum absolute atomic E-state index is 5.01. The van der Waals surface area contributed by atoms with Crippen LogP contribution >= 0.6 is 0 Å². The van der Waals surface area contributed by atoms with Gasteiger partial charge in [-0.2, -0.15) is 0 Å². The molecule has 0 bridgehead atoms. The molecule has 0 saturated heterocycles. The fraction of sp³-hybridized carbons (Fsp3) is 0.167. The molecule has 0 heteroatoms. The Kier molecular flexibility index (Phi) is 4.09. The molecule has 0 aromatic rings. The Labute approximate surface area is 39.2 Å². The van der Waals surface area contributed by atoms with Crippen molar-refractivity contribution in [3.05, 3.63) is 31.7 Å². The van der Waals surface area contributed by atoms with Crippen LogP contribution in [0.5, 0.6) is 0 Å². The molecular formula is C6H8. The van der Waals surface area contributed by atoms with Gasteiger partial charge < -0.3 is 0 Å². The Bertz CT molecular complexity index is 51.1. The Hall–Kier alpha value is -0.520. The molecular weight excluding hydrogens is 72.1 g/mol. The summed E-state index contributed by atoms with van der Waals surface area (Å²) < 4.78 is 0. The third kappa shape index (κ3) is 3.48. The Morgan fingerprint density at radius 1 is 1.67 bits per heavy atom. The molecule has 0 saturated carbocycles. The summed E-state index contributed by atoms with van der Waals surface area (Å²) in [7, 11) is 0. The van der Waals surface area contributed by atoms with Crippen LogP contribution in [0.3, 0.4) is 0 Å². The van der Waals surface area contributed by atoms with E-state index in [2.05, 4.69) is 6.92 Å². The van der Waals surface area contributed by atoms with Gasteiger partial charge in [-0.1, -0.05) is 24.8 Å². The minimum absolute atomic E-state index is 0.823. The standard InChI is InChI=1S/C6H8/c1-3-5-6-4-2/h1,3-4,6H,2,5H2/b3-1?,6-4+. The van der Waals surface area contributed by atoms with Crippen molar-refractivity contribution in [1.82, 2.24) is 0 Å². The van der Waals surface area contributed by atoms with E-state index in [1.807, 2.05) is 6.08 Å². The quantitative estimate of drug-likeness (QED) is 0.474. The molecule has 0 amide bonds. The van der Waals surface area contributed by atoms with Crippen molar-refractivity contribution in [2.75, 3.05) is 0 Å². The monoisotopic (exact) mass is 80.1 g/mol. The predicted octanol–water partition coefficient (Wildman–Crippen LogP) is 1.76. The van der Waals surface area contributed by atoms with Crippen molar-refractivity contribution in [3.8, 4) is 0 Å². The van der Waals surface area contributed by atoms with E-state index in [4.69, 9.17) is 6.58 Å². The van der Waals surface area contributed by atoms with Crippen LogP contribution in [0, 0.1) is 13.5 Å². The Balaban J connectivity index is 2.85. The number of hydrogen-bond acceptors (Lipinski definition) is 0. The van der Waals surface area contributed by atoms with Gasteiger partial charge >= 0.3 is 0 Å². The molecule has 2 radical (unpaired) electrons. The highest BCUT2D eigenvalue weighted by molar-refractivity contribution is 4.88. The molecule has 0 rings (SSSR count). The number of hydrogen-bond donors (Lipinski definition) is 0. The zero-order valence-electron chi connectivity index (χ0n) is 3.72. The van der Waals surface area contributed by atoms with Crippen molar-refractivity contribution in [1.29, 1.82) is 0 Å². The topological polar surface area (TPSA) is 0 Å². The second kappa shape index (κ2) is 4.48. The predicted molar refractivity (Wildman–Crippen MR) is 28.0 cm³/mol. The summed E-state index contributed by atoms with van der Waals surface area (Å²) in [4.78, 5) is 0. The van der Waals surface area contributed by atoms with Crippen molar-refractivity contribution in [3.63, 3.8) is 0 Å². The van der Waals surface area contributed by atoms with Gasteiger partial charge in [0.15, 0.2) is 0 Å². The normalized spacial score (nSPS) is 9.50. The fourth-order valence-corrected chi connectivity index (χ4v) is 0.175. The third-order valence-electron chi connectivity index (χ3n) is 0.439. The molecule has 0 aliphatic rings. The number of rotatable bonds is 2. The molecule has 0 aliphatic heterocycles. The zero-order valence-corrected chi connectivity index (χ0v) is 3.72.